The van der Waals surface area contributed by atoms with Gasteiger partial charge in [0.2, 0.25) is 11.8 Å². The average Bonchev–Trinajstić information content (AvgIpc) is 2.88. The number of fused-ring (bicyclic) bond motifs is 1. The fourth-order valence-electron chi connectivity index (χ4n) is 3.00. The van der Waals surface area contributed by atoms with Crippen LogP contribution in [0, 0.1) is 5.92 Å². The van der Waals surface area contributed by atoms with E-state index in [0.717, 1.165) is 18.4 Å². The molecule has 3 rings (SSSR count). The fraction of sp³-hybridized carbons (Fsp3) is 0.467. The lowest BCUT2D eigenvalue weighted by molar-refractivity contribution is -0.123. The Morgan fingerprint density at radius 1 is 1.05 bits per heavy atom. The second-order valence-corrected chi connectivity index (χ2v) is 5.99. The van der Waals surface area contributed by atoms with Crippen molar-refractivity contribution in [3.63, 3.8) is 0 Å². The Bertz CT molecular complexity index is 553. The highest BCUT2D eigenvalue weighted by Crippen LogP contribution is 2.41. The summed E-state index contributed by atoms with van der Waals surface area (Å²) < 4.78 is 0. The summed E-state index contributed by atoms with van der Waals surface area (Å²) in [6.07, 6.45) is 4.66. The molecule has 1 unspecified atom stereocenters. The third kappa shape index (κ3) is 2.66. The minimum atomic E-state index is -0.287. The summed E-state index contributed by atoms with van der Waals surface area (Å²) in [4.78, 5) is 23.1. The van der Waals surface area contributed by atoms with Gasteiger partial charge < -0.3 is 10.6 Å². The highest BCUT2D eigenvalue weighted by Gasteiger charge is 2.26. The van der Waals surface area contributed by atoms with Crippen LogP contribution in [-0.2, 0) is 9.59 Å². The first kappa shape index (κ1) is 13.4. The number of nitrogens with one attached hydrogen (secondary N) is 2. The van der Waals surface area contributed by atoms with Crippen LogP contribution in [0.15, 0.2) is 18.2 Å². The van der Waals surface area contributed by atoms with Crippen LogP contribution in [-0.4, -0.2) is 11.8 Å². The zero-order chi connectivity index (χ0) is 14.1. The molecule has 0 bridgehead atoms. The Balaban J connectivity index is 1.88. The first-order valence-electron chi connectivity index (χ1n) is 7.01. The molecule has 1 aromatic carbocycles. The summed E-state index contributed by atoms with van der Waals surface area (Å²) in [6.45, 7) is 0. The van der Waals surface area contributed by atoms with Crippen LogP contribution in [0.4, 0.5) is 11.4 Å². The Kier molecular flexibility index (Phi) is 3.66. The smallest absolute Gasteiger partial charge is 0.233 e. The van der Waals surface area contributed by atoms with Gasteiger partial charge >= 0.3 is 0 Å². The Morgan fingerprint density at radius 2 is 1.70 bits per heavy atom. The van der Waals surface area contributed by atoms with Crippen LogP contribution in [0.25, 0.3) is 0 Å². The van der Waals surface area contributed by atoms with Gasteiger partial charge in [0.1, 0.15) is 6.42 Å². The van der Waals surface area contributed by atoms with Gasteiger partial charge in [0.05, 0.1) is 16.8 Å². The lowest BCUT2D eigenvalue weighted by Crippen LogP contribution is -2.16. The van der Waals surface area contributed by atoms with E-state index in [1.54, 1.807) is 0 Å². The second kappa shape index (κ2) is 5.44. The molecule has 1 aliphatic carbocycles. The maximum absolute atomic E-state index is 11.6. The fourth-order valence-corrected chi connectivity index (χ4v) is 3.39. The zero-order valence-electron chi connectivity index (χ0n) is 11.1. The van der Waals surface area contributed by atoms with Crippen molar-refractivity contribution in [3.8, 4) is 0 Å². The summed E-state index contributed by atoms with van der Waals surface area (Å²) in [5.74, 6) is -0.0663. The average molecular weight is 293 g/mol. The number of alkyl halides is 1. The van der Waals surface area contributed by atoms with Crippen LogP contribution in [0.3, 0.4) is 0 Å². The molecular formula is C15H17ClN2O2. The first-order valence-corrected chi connectivity index (χ1v) is 7.45. The van der Waals surface area contributed by atoms with Crippen molar-refractivity contribution in [2.45, 2.75) is 37.5 Å². The quantitative estimate of drug-likeness (QED) is 0.648. The number of carbonyl (C=O) groups is 2. The summed E-state index contributed by atoms with van der Waals surface area (Å²) in [7, 11) is 0. The summed E-state index contributed by atoms with van der Waals surface area (Å²) in [6, 6.07) is 5.64. The van der Waals surface area contributed by atoms with Crippen molar-refractivity contribution in [3.05, 3.63) is 23.8 Å². The molecule has 20 heavy (non-hydrogen) atoms. The van der Waals surface area contributed by atoms with Crippen molar-refractivity contribution in [1.82, 2.24) is 0 Å². The van der Waals surface area contributed by atoms with Crippen molar-refractivity contribution in [1.29, 1.82) is 0 Å². The first-order chi connectivity index (χ1) is 9.63. The predicted molar refractivity (Wildman–Crippen MR) is 78.9 cm³/mol. The minimum Gasteiger partial charge on any atom is -0.324 e. The molecule has 0 spiro atoms. The zero-order valence-corrected chi connectivity index (χ0v) is 11.9. The van der Waals surface area contributed by atoms with E-state index in [1.807, 2.05) is 18.2 Å². The molecule has 4 nitrogen and oxygen atoms in total. The van der Waals surface area contributed by atoms with Gasteiger partial charge in [-0.3, -0.25) is 9.59 Å². The van der Waals surface area contributed by atoms with Gasteiger partial charge in [0.15, 0.2) is 0 Å². The van der Waals surface area contributed by atoms with Crippen LogP contribution in [0.1, 0.15) is 43.0 Å². The van der Waals surface area contributed by atoms with Gasteiger partial charge in [0.25, 0.3) is 0 Å². The number of hydrogen-bond donors (Lipinski definition) is 2. The Morgan fingerprint density at radius 3 is 2.40 bits per heavy atom. The third-order valence-corrected chi connectivity index (χ3v) is 4.65. The van der Waals surface area contributed by atoms with E-state index in [4.69, 9.17) is 11.6 Å². The molecule has 1 aromatic rings. The number of benzene rings is 1. The van der Waals surface area contributed by atoms with Gasteiger partial charge in [-0.15, -0.1) is 11.6 Å². The van der Waals surface area contributed by atoms with Crippen molar-refractivity contribution in [2.24, 2.45) is 5.92 Å². The van der Waals surface area contributed by atoms with Gasteiger partial charge in [-0.05, 0) is 36.5 Å². The molecule has 106 valence electrons. The van der Waals surface area contributed by atoms with Crippen LogP contribution in [0.2, 0.25) is 0 Å². The maximum Gasteiger partial charge on any atom is 0.233 e. The standard InChI is InChI=1S/C15H17ClN2O2/c16-15(9-3-1-2-4-9)10-5-6-11-12(7-10)18-14(20)8-13(19)17-11/h5-7,9,15H,1-4,8H2,(H,17,19)(H,18,20). The number of hydrogen-bond acceptors (Lipinski definition) is 2. The van der Waals surface area contributed by atoms with Gasteiger partial charge in [-0.25, -0.2) is 0 Å². The molecule has 1 heterocycles. The normalized spacial score (nSPS) is 20.9. The number of carbonyl (C=O) groups excluding carboxylic acids is 2. The van der Waals surface area contributed by atoms with Crippen LogP contribution >= 0.6 is 11.6 Å². The van der Waals surface area contributed by atoms with E-state index in [1.165, 1.54) is 12.8 Å². The van der Waals surface area contributed by atoms with E-state index in [2.05, 4.69) is 10.6 Å². The molecule has 0 aromatic heterocycles. The van der Waals surface area contributed by atoms with E-state index in [9.17, 15) is 9.59 Å². The highest BCUT2D eigenvalue weighted by molar-refractivity contribution is 6.21. The summed E-state index contributed by atoms with van der Waals surface area (Å²) >= 11 is 6.56. The van der Waals surface area contributed by atoms with E-state index in [0.29, 0.717) is 17.3 Å². The maximum atomic E-state index is 11.6. The minimum absolute atomic E-state index is 0.0290. The van der Waals surface area contributed by atoms with Gasteiger partial charge in [-0.1, -0.05) is 18.9 Å². The molecule has 2 aliphatic rings. The third-order valence-electron chi connectivity index (χ3n) is 4.05. The molecule has 0 saturated heterocycles. The number of rotatable bonds is 2. The van der Waals surface area contributed by atoms with Gasteiger partial charge in [-0.2, -0.15) is 0 Å². The molecule has 1 saturated carbocycles. The number of halogens is 1. The molecule has 2 amide bonds. The molecule has 5 heteroatoms. The largest absolute Gasteiger partial charge is 0.324 e. The monoisotopic (exact) mass is 292 g/mol. The van der Waals surface area contributed by atoms with E-state index < -0.39 is 0 Å². The number of anilines is 2. The van der Waals surface area contributed by atoms with Crippen molar-refractivity contribution in [2.75, 3.05) is 10.6 Å². The Hall–Kier alpha value is -1.55. The molecule has 0 radical (unpaired) electrons. The van der Waals surface area contributed by atoms with E-state index in [-0.39, 0.29) is 23.6 Å². The summed E-state index contributed by atoms with van der Waals surface area (Å²) in [5.41, 5.74) is 2.29. The van der Waals surface area contributed by atoms with Crippen LogP contribution < -0.4 is 10.6 Å². The molecule has 1 fully saturated rings. The highest BCUT2D eigenvalue weighted by atomic mass is 35.5. The lowest BCUT2D eigenvalue weighted by Gasteiger charge is -2.18. The SMILES string of the molecule is O=C1CC(=O)Nc2cc(C(Cl)C3CCCC3)ccc2N1. The second-order valence-electron chi connectivity index (χ2n) is 5.52. The van der Waals surface area contributed by atoms with Crippen LogP contribution in [0.5, 0.6) is 0 Å². The Labute approximate surface area is 122 Å². The van der Waals surface area contributed by atoms with Gasteiger partial charge in [0, 0.05) is 0 Å². The molecule has 1 aliphatic heterocycles. The topological polar surface area (TPSA) is 58.2 Å². The number of amides is 2. The van der Waals surface area contributed by atoms with E-state index >= 15 is 0 Å². The summed E-state index contributed by atoms with van der Waals surface area (Å²) in [5, 5.41) is 5.45. The molecule has 2 N–H and O–H groups in total. The molecular weight excluding hydrogens is 276 g/mol. The lowest BCUT2D eigenvalue weighted by atomic mass is 9.96. The molecule has 1 atom stereocenters. The predicted octanol–water partition coefficient (Wildman–Crippen LogP) is 3.44. The van der Waals surface area contributed by atoms with Crippen molar-refractivity contribution >= 4 is 34.8 Å². The van der Waals surface area contributed by atoms with Crippen molar-refractivity contribution < 1.29 is 9.59 Å².